The second-order valence-electron chi connectivity index (χ2n) is 2.26. The van der Waals surface area contributed by atoms with Crippen molar-refractivity contribution in [3.8, 4) is 0 Å². The van der Waals surface area contributed by atoms with Crippen LogP contribution in [0.25, 0.3) is 0 Å². The van der Waals surface area contributed by atoms with E-state index in [-0.39, 0.29) is 5.03 Å². The molecule has 0 amide bonds. The minimum Gasteiger partial charge on any atom is -0.456 e. The number of aliphatic hydroxyl groups excluding tert-OH is 1. The SMILES string of the molecule is C=C(Cl)C(=O)OC(C)C(C)O. The van der Waals surface area contributed by atoms with Crippen molar-refractivity contribution in [2.45, 2.75) is 26.1 Å². The third-order valence-electron chi connectivity index (χ3n) is 1.19. The average Bonchev–Trinajstić information content (AvgIpc) is 1.87. The van der Waals surface area contributed by atoms with Crippen LogP contribution in [0.4, 0.5) is 0 Å². The maximum atomic E-state index is 10.7. The van der Waals surface area contributed by atoms with Crippen LogP contribution in [0.5, 0.6) is 0 Å². The highest BCUT2D eigenvalue weighted by atomic mass is 35.5. The van der Waals surface area contributed by atoms with Crippen molar-refractivity contribution in [2.24, 2.45) is 0 Å². The first-order valence-corrected chi connectivity index (χ1v) is 3.56. The summed E-state index contributed by atoms with van der Waals surface area (Å²) >= 11 is 5.23. The fraction of sp³-hybridized carbons (Fsp3) is 0.571. The van der Waals surface area contributed by atoms with Crippen LogP contribution in [-0.4, -0.2) is 23.3 Å². The largest absolute Gasteiger partial charge is 0.456 e. The van der Waals surface area contributed by atoms with Gasteiger partial charge >= 0.3 is 5.97 Å². The molecule has 2 atom stereocenters. The number of hydrogen-bond acceptors (Lipinski definition) is 3. The van der Waals surface area contributed by atoms with E-state index in [1.165, 1.54) is 6.92 Å². The van der Waals surface area contributed by atoms with Gasteiger partial charge < -0.3 is 9.84 Å². The van der Waals surface area contributed by atoms with Gasteiger partial charge in [0, 0.05) is 0 Å². The molecule has 0 aromatic heterocycles. The van der Waals surface area contributed by atoms with Gasteiger partial charge in [0.2, 0.25) is 0 Å². The van der Waals surface area contributed by atoms with Crippen LogP contribution >= 0.6 is 11.6 Å². The highest BCUT2D eigenvalue weighted by molar-refractivity contribution is 6.40. The number of aliphatic hydroxyl groups is 1. The third-order valence-corrected chi connectivity index (χ3v) is 1.35. The monoisotopic (exact) mass is 178 g/mol. The lowest BCUT2D eigenvalue weighted by atomic mass is 10.3. The van der Waals surface area contributed by atoms with Gasteiger partial charge in [-0.3, -0.25) is 0 Å². The summed E-state index contributed by atoms with van der Waals surface area (Å²) in [5, 5.41) is 8.72. The average molecular weight is 179 g/mol. The van der Waals surface area contributed by atoms with Gasteiger partial charge in [-0.05, 0) is 13.8 Å². The topological polar surface area (TPSA) is 46.5 Å². The lowest BCUT2D eigenvalue weighted by Gasteiger charge is -2.14. The Kier molecular flexibility index (Phi) is 4.15. The van der Waals surface area contributed by atoms with Gasteiger partial charge in [0.1, 0.15) is 11.1 Å². The number of halogens is 1. The quantitative estimate of drug-likeness (QED) is 0.519. The summed E-state index contributed by atoms with van der Waals surface area (Å²) in [4.78, 5) is 10.7. The smallest absolute Gasteiger partial charge is 0.349 e. The molecule has 64 valence electrons. The van der Waals surface area contributed by atoms with Gasteiger partial charge in [-0.1, -0.05) is 18.2 Å². The molecule has 0 aliphatic carbocycles. The normalized spacial score (nSPS) is 15.3. The fourth-order valence-corrected chi connectivity index (χ4v) is 0.376. The van der Waals surface area contributed by atoms with Crippen molar-refractivity contribution in [3.63, 3.8) is 0 Å². The molecule has 0 heterocycles. The third kappa shape index (κ3) is 4.01. The van der Waals surface area contributed by atoms with Crippen molar-refractivity contribution in [1.29, 1.82) is 0 Å². The van der Waals surface area contributed by atoms with E-state index in [1.54, 1.807) is 6.92 Å². The zero-order valence-electron chi connectivity index (χ0n) is 6.50. The number of carbonyl (C=O) groups excluding carboxylic acids is 1. The van der Waals surface area contributed by atoms with Gasteiger partial charge in [0.25, 0.3) is 0 Å². The minimum atomic E-state index is -0.699. The number of ether oxygens (including phenoxy) is 1. The van der Waals surface area contributed by atoms with Crippen LogP contribution in [0, 0.1) is 0 Å². The fourth-order valence-electron chi connectivity index (χ4n) is 0.331. The second kappa shape index (κ2) is 4.36. The minimum absolute atomic E-state index is 0.183. The summed E-state index contributed by atoms with van der Waals surface area (Å²) in [6.07, 6.45) is -1.26. The Hall–Kier alpha value is -0.540. The molecule has 0 bridgehead atoms. The molecule has 0 rings (SSSR count). The molecule has 4 heteroatoms. The molecule has 3 nitrogen and oxygen atoms in total. The van der Waals surface area contributed by atoms with Crippen LogP contribution in [0.3, 0.4) is 0 Å². The molecule has 11 heavy (non-hydrogen) atoms. The van der Waals surface area contributed by atoms with Gasteiger partial charge in [-0.25, -0.2) is 4.79 Å². The number of carbonyl (C=O) groups is 1. The Labute approximate surface area is 70.6 Å². The zero-order valence-corrected chi connectivity index (χ0v) is 7.26. The van der Waals surface area contributed by atoms with Crippen molar-refractivity contribution in [3.05, 3.63) is 11.6 Å². The van der Waals surface area contributed by atoms with Crippen LogP contribution in [0.15, 0.2) is 11.6 Å². The zero-order chi connectivity index (χ0) is 9.02. The Bertz CT molecular complexity index is 165. The molecule has 0 saturated heterocycles. The Morgan fingerprint density at radius 2 is 2.09 bits per heavy atom. The van der Waals surface area contributed by atoms with Gasteiger partial charge in [-0.15, -0.1) is 0 Å². The Morgan fingerprint density at radius 3 is 2.36 bits per heavy atom. The lowest BCUT2D eigenvalue weighted by Crippen LogP contribution is -2.25. The molecule has 0 radical (unpaired) electrons. The summed E-state index contributed by atoms with van der Waals surface area (Å²) in [6, 6.07) is 0. The van der Waals surface area contributed by atoms with Crippen LogP contribution in [0.1, 0.15) is 13.8 Å². The van der Waals surface area contributed by atoms with Crippen LogP contribution in [-0.2, 0) is 9.53 Å². The van der Waals surface area contributed by atoms with Crippen molar-refractivity contribution >= 4 is 17.6 Å². The lowest BCUT2D eigenvalue weighted by molar-refractivity contribution is -0.147. The first kappa shape index (κ1) is 10.5. The molecule has 0 spiro atoms. The highest BCUT2D eigenvalue weighted by Gasteiger charge is 2.14. The summed E-state index contributed by atoms with van der Waals surface area (Å²) in [6.45, 7) is 6.27. The van der Waals surface area contributed by atoms with Gasteiger partial charge in [0.15, 0.2) is 0 Å². The molecule has 0 aromatic carbocycles. The standard InChI is InChI=1S/C7H11ClO3/c1-4(8)7(10)11-6(3)5(2)9/h5-6,9H,1H2,2-3H3. The highest BCUT2D eigenvalue weighted by Crippen LogP contribution is 2.05. The number of hydrogen-bond donors (Lipinski definition) is 1. The van der Waals surface area contributed by atoms with E-state index in [0.717, 1.165) is 0 Å². The molecule has 0 aromatic rings. The molecule has 0 fully saturated rings. The van der Waals surface area contributed by atoms with E-state index in [1.807, 2.05) is 0 Å². The molecule has 0 aliphatic rings. The maximum Gasteiger partial charge on any atom is 0.349 e. The number of rotatable bonds is 3. The summed E-state index contributed by atoms with van der Waals surface area (Å²) in [5.74, 6) is -0.694. The van der Waals surface area contributed by atoms with E-state index in [9.17, 15) is 4.79 Å². The Morgan fingerprint density at radius 1 is 1.64 bits per heavy atom. The van der Waals surface area contributed by atoms with E-state index in [2.05, 4.69) is 11.3 Å². The van der Waals surface area contributed by atoms with E-state index >= 15 is 0 Å². The number of esters is 1. The van der Waals surface area contributed by atoms with Crippen LogP contribution < -0.4 is 0 Å². The predicted molar refractivity (Wildman–Crippen MR) is 42.2 cm³/mol. The Balaban J connectivity index is 3.85. The summed E-state index contributed by atoms with van der Waals surface area (Å²) in [7, 11) is 0. The molecule has 2 unspecified atom stereocenters. The first-order chi connectivity index (χ1) is 4.95. The van der Waals surface area contributed by atoms with Crippen molar-refractivity contribution in [1.82, 2.24) is 0 Å². The van der Waals surface area contributed by atoms with E-state index < -0.39 is 18.2 Å². The first-order valence-electron chi connectivity index (χ1n) is 3.18. The van der Waals surface area contributed by atoms with Gasteiger partial charge in [-0.2, -0.15) is 0 Å². The van der Waals surface area contributed by atoms with E-state index in [0.29, 0.717) is 0 Å². The van der Waals surface area contributed by atoms with Crippen molar-refractivity contribution < 1.29 is 14.6 Å². The second-order valence-corrected chi connectivity index (χ2v) is 2.71. The van der Waals surface area contributed by atoms with E-state index in [4.69, 9.17) is 16.7 Å². The maximum absolute atomic E-state index is 10.7. The molecular weight excluding hydrogens is 168 g/mol. The van der Waals surface area contributed by atoms with Gasteiger partial charge in [0.05, 0.1) is 6.10 Å². The molecule has 0 saturated carbocycles. The van der Waals surface area contributed by atoms with Crippen molar-refractivity contribution in [2.75, 3.05) is 0 Å². The molecule has 1 N–H and O–H groups in total. The summed E-state index contributed by atoms with van der Waals surface area (Å²) < 4.78 is 4.65. The molecular formula is C7H11ClO3. The van der Waals surface area contributed by atoms with Crippen LogP contribution in [0.2, 0.25) is 0 Å². The predicted octanol–water partition coefficient (Wildman–Crippen LogP) is 1.05. The summed E-state index contributed by atoms with van der Waals surface area (Å²) in [5.41, 5.74) is 0. The molecule has 0 aliphatic heterocycles.